The number of amides is 1. The quantitative estimate of drug-likeness (QED) is 0.881. The molecule has 0 unspecified atom stereocenters. The molecule has 4 heteroatoms. The van der Waals surface area contributed by atoms with Gasteiger partial charge in [0.05, 0.1) is 5.56 Å². The number of rotatable bonds is 5. The molecule has 1 aromatic heterocycles. The predicted molar refractivity (Wildman–Crippen MR) is 86.9 cm³/mol. The first-order valence-corrected chi connectivity index (χ1v) is 7.25. The summed E-state index contributed by atoms with van der Waals surface area (Å²) in [6.07, 6.45) is 2.48. The molecule has 0 aliphatic carbocycles. The van der Waals surface area contributed by atoms with Gasteiger partial charge in [-0.15, -0.1) is 0 Å². The van der Waals surface area contributed by atoms with E-state index in [2.05, 4.69) is 22.5 Å². The lowest BCUT2D eigenvalue weighted by Crippen LogP contribution is -2.14. The molecule has 4 nitrogen and oxygen atoms in total. The van der Waals surface area contributed by atoms with E-state index in [-0.39, 0.29) is 5.91 Å². The third kappa shape index (κ3) is 3.60. The molecule has 0 atom stereocenters. The second kappa shape index (κ2) is 6.88. The Morgan fingerprint density at radius 1 is 1.19 bits per heavy atom. The van der Waals surface area contributed by atoms with E-state index < -0.39 is 0 Å². The van der Waals surface area contributed by atoms with E-state index in [9.17, 15) is 4.79 Å². The minimum atomic E-state index is -0.130. The molecular formula is C17H21N3O. The summed E-state index contributed by atoms with van der Waals surface area (Å²) in [5, 5.41) is 6.11. The molecule has 1 aromatic carbocycles. The first-order chi connectivity index (χ1) is 10.2. The molecule has 0 spiro atoms. The summed E-state index contributed by atoms with van der Waals surface area (Å²) in [6.45, 7) is 6.90. The smallest absolute Gasteiger partial charge is 0.257 e. The molecule has 110 valence electrons. The van der Waals surface area contributed by atoms with Crippen molar-refractivity contribution in [1.29, 1.82) is 0 Å². The molecule has 0 fully saturated rings. The lowest BCUT2D eigenvalue weighted by atomic mass is 10.1. The zero-order valence-electron chi connectivity index (χ0n) is 12.7. The SMILES string of the molecule is CCNc1ccc(C(=O)Nc2c(C)cccc2CC)cn1. The molecule has 0 aliphatic rings. The lowest BCUT2D eigenvalue weighted by Gasteiger charge is -2.13. The molecular weight excluding hydrogens is 262 g/mol. The van der Waals surface area contributed by atoms with Crippen LogP contribution in [0.4, 0.5) is 11.5 Å². The van der Waals surface area contributed by atoms with E-state index in [1.165, 1.54) is 0 Å². The van der Waals surface area contributed by atoms with Crippen LogP contribution < -0.4 is 10.6 Å². The number of nitrogens with one attached hydrogen (secondary N) is 2. The van der Waals surface area contributed by atoms with Gasteiger partial charge in [-0.25, -0.2) is 4.98 Å². The summed E-state index contributed by atoms with van der Waals surface area (Å²) >= 11 is 0. The van der Waals surface area contributed by atoms with Gasteiger partial charge in [0.1, 0.15) is 5.82 Å². The van der Waals surface area contributed by atoms with Gasteiger partial charge in [0.15, 0.2) is 0 Å². The second-order valence-electron chi connectivity index (χ2n) is 4.88. The standard InChI is InChI=1S/C17H21N3O/c1-4-13-8-6-7-12(3)16(13)20-17(21)14-9-10-15(18-5-2)19-11-14/h6-11H,4-5H2,1-3H3,(H,18,19)(H,20,21). The molecule has 1 amide bonds. The van der Waals surface area contributed by atoms with Crippen LogP contribution in [0.5, 0.6) is 0 Å². The zero-order valence-corrected chi connectivity index (χ0v) is 12.7. The van der Waals surface area contributed by atoms with Gasteiger partial charge in [0.2, 0.25) is 0 Å². The Morgan fingerprint density at radius 2 is 2.00 bits per heavy atom. The summed E-state index contributed by atoms with van der Waals surface area (Å²) in [5.74, 6) is 0.647. The Balaban J connectivity index is 2.18. The minimum absolute atomic E-state index is 0.130. The Labute approximate surface area is 125 Å². The molecule has 0 aliphatic heterocycles. The maximum Gasteiger partial charge on any atom is 0.257 e. The van der Waals surface area contributed by atoms with Crippen molar-refractivity contribution in [2.24, 2.45) is 0 Å². The van der Waals surface area contributed by atoms with Gasteiger partial charge in [0, 0.05) is 18.4 Å². The summed E-state index contributed by atoms with van der Waals surface area (Å²) in [4.78, 5) is 16.6. The van der Waals surface area contributed by atoms with Crippen LogP contribution in [0.3, 0.4) is 0 Å². The number of pyridine rings is 1. The fourth-order valence-corrected chi connectivity index (χ4v) is 2.20. The highest BCUT2D eigenvalue weighted by molar-refractivity contribution is 6.05. The van der Waals surface area contributed by atoms with Gasteiger partial charge in [-0.05, 0) is 43.5 Å². The van der Waals surface area contributed by atoms with Crippen molar-refractivity contribution in [3.63, 3.8) is 0 Å². The average Bonchev–Trinajstić information content (AvgIpc) is 2.50. The highest BCUT2D eigenvalue weighted by atomic mass is 16.1. The van der Waals surface area contributed by atoms with E-state index in [4.69, 9.17) is 0 Å². The molecule has 0 radical (unpaired) electrons. The maximum atomic E-state index is 12.3. The van der Waals surface area contributed by atoms with Crippen LogP contribution in [0.25, 0.3) is 0 Å². The van der Waals surface area contributed by atoms with E-state index in [0.717, 1.165) is 35.6 Å². The highest BCUT2D eigenvalue weighted by Crippen LogP contribution is 2.21. The third-order valence-corrected chi connectivity index (χ3v) is 3.36. The number of hydrogen-bond acceptors (Lipinski definition) is 3. The van der Waals surface area contributed by atoms with Crippen LogP contribution in [0.2, 0.25) is 0 Å². The zero-order chi connectivity index (χ0) is 15.2. The fraction of sp³-hybridized carbons (Fsp3) is 0.294. The number of para-hydroxylation sites is 1. The minimum Gasteiger partial charge on any atom is -0.370 e. The highest BCUT2D eigenvalue weighted by Gasteiger charge is 2.11. The summed E-state index contributed by atoms with van der Waals surface area (Å²) in [6, 6.07) is 9.65. The number of carbonyl (C=O) groups is 1. The normalized spacial score (nSPS) is 10.2. The van der Waals surface area contributed by atoms with Crippen molar-refractivity contribution in [3.05, 3.63) is 53.2 Å². The Kier molecular flexibility index (Phi) is 4.93. The summed E-state index contributed by atoms with van der Waals surface area (Å²) < 4.78 is 0. The first kappa shape index (κ1) is 15.0. The van der Waals surface area contributed by atoms with Crippen LogP contribution in [-0.2, 0) is 6.42 Å². The molecule has 2 N–H and O–H groups in total. The molecule has 2 aromatic rings. The lowest BCUT2D eigenvalue weighted by molar-refractivity contribution is 0.102. The van der Waals surface area contributed by atoms with Crippen molar-refractivity contribution >= 4 is 17.4 Å². The van der Waals surface area contributed by atoms with Gasteiger partial charge in [-0.2, -0.15) is 0 Å². The topological polar surface area (TPSA) is 54.0 Å². The third-order valence-electron chi connectivity index (χ3n) is 3.36. The molecule has 0 saturated carbocycles. The summed E-state index contributed by atoms with van der Waals surface area (Å²) in [7, 11) is 0. The van der Waals surface area contributed by atoms with Crippen molar-refractivity contribution in [3.8, 4) is 0 Å². The molecule has 0 saturated heterocycles. The van der Waals surface area contributed by atoms with E-state index >= 15 is 0 Å². The van der Waals surface area contributed by atoms with Crippen LogP contribution >= 0.6 is 0 Å². The largest absolute Gasteiger partial charge is 0.370 e. The van der Waals surface area contributed by atoms with Gasteiger partial charge < -0.3 is 10.6 Å². The van der Waals surface area contributed by atoms with Gasteiger partial charge >= 0.3 is 0 Å². The summed E-state index contributed by atoms with van der Waals surface area (Å²) in [5.41, 5.74) is 3.67. The molecule has 2 rings (SSSR count). The van der Waals surface area contributed by atoms with Crippen LogP contribution in [-0.4, -0.2) is 17.4 Å². The van der Waals surface area contributed by atoms with Crippen molar-refractivity contribution < 1.29 is 4.79 Å². The Bertz CT molecular complexity index is 620. The van der Waals surface area contributed by atoms with Crippen LogP contribution in [0.1, 0.15) is 35.3 Å². The number of nitrogens with zero attached hydrogens (tertiary/aromatic N) is 1. The fourth-order valence-electron chi connectivity index (χ4n) is 2.20. The first-order valence-electron chi connectivity index (χ1n) is 7.25. The predicted octanol–water partition coefficient (Wildman–Crippen LogP) is 3.64. The second-order valence-corrected chi connectivity index (χ2v) is 4.88. The van der Waals surface area contributed by atoms with Crippen LogP contribution in [0, 0.1) is 6.92 Å². The Morgan fingerprint density at radius 3 is 2.62 bits per heavy atom. The van der Waals surface area contributed by atoms with Crippen molar-refractivity contribution in [2.75, 3.05) is 17.2 Å². The van der Waals surface area contributed by atoms with Gasteiger partial charge in [-0.3, -0.25) is 4.79 Å². The van der Waals surface area contributed by atoms with Crippen molar-refractivity contribution in [1.82, 2.24) is 4.98 Å². The monoisotopic (exact) mass is 283 g/mol. The number of aromatic nitrogens is 1. The van der Waals surface area contributed by atoms with E-state index in [1.54, 1.807) is 12.3 Å². The van der Waals surface area contributed by atoms with Gasteiger partial charge in [-0.1, -0.05) is 25.1 Å². The molecule has 21 heavy (non-hydrogen) atoms. The number of aryl methyl sites for hydroxylation is 2. The van der Waals surface area contributed by atoms with E-state index in [0.29, 0.717) is 5.56 Å². The number of anilines is 2. The number of benzene rings is 1. The average molecular weight is 283 g/mol. The number of carbonyl (C=O) groups excluding carboxylic acids is 1. The maximum absolute atomic E-state index is 12.3. The number of hydrogen-bond donors (Lipinski definition) is 2. The van der Waals surface area contributed by atoms with E-state index in [1.807, 2.05) is 38.1 Å². The molecule has 1 heterocycles. The van der Waals surface area contributed by atoms with Crippen LogP contribution in [0.15, 0.2) is 36.5 Å². The Hall–Kier alpha value is -2.36. The van der Waals surface area contributed by atoms with Crippen molar-refractivity contribution in [2.45, 2.75) is 27.2 Å². The molecule has 0 bridgehead atoms. The van der Waals surface area contributed by atoms with Gasteiger partial charge in [0.25, 0.3) is 5.91 Å².